The van der Waals surface area contributed by atoms with Crippen molar-refractivity contribution in [1.29, 1.82) is 0 Å². The largest absolute Gasteiger partial charge is 0.337 e. The van der Waals surface area contributed by atoms with Gasteiger partial charge in [0.2, 0.25) is 5.69 Å². The summed E-state index contributed by atoms with van der Waals surface area (Å²) in [5.74, 6) is 0. The number of rotatable bonds is 26. The van der Waals surface area contributed by atoms with Crippen molar-refractivity contribution in [3.8, 4) is 0 Å². The molecule has 0 atom stereocenters. The van der Waals surface area contributed by atoms with Crippen LogP contribution in [0.2, 0.25) is 0 Å². The fraction of sp³-hybridized carbons (Fsp3) is 0.812. The number of hydrogen-bond donors (Lipinski definition) is 2. The van der Waals surface area contributed by atoms with Crippen molar-refractivity contribution in [3.63, 3.8) is 0 Å². The van der Waals surface area contributed by atoms with Crippen LogP contribution in [0.3, 0.4) is 0 Å². The lowest BCUT2D eigenvalue weighted by Crippen LogP contribution is -1.97. The second-order valence-electron chi connectivity index (χ2n) is 11.1. The monoisotopic (exact) mass is 570 g/mol. The molecule has 2 nitrogen and oxygen atoms in total. The average molecular weight is 571 g/mol. The smallest absolute Gasteiger partial charge is 0.246 e. The molecule has 0 saturated heterocycles. The van der Waals surface area contributed by atoms with Gasteiger partial charge in [-0.15, -0.1) is 0 Å². The van der Waals surface area contributed by atoms with E-state index in [1.165, 1.54) is 152 Å². The second-order valence-corrected chi connectivity index (χ2v) is 17.0. The van der Waals surface area contributed by atoms with E-state index < -0.39 is 5.69 Å². The third-order valence-electron chi connectivity index (χ3n) is 7.50. The molecular formula is C32H59O2PS2. The standard InChI is InChI=1S/C32H59O2PS2/c1-3-5-7-9-11-13-15-17-19-21-23-25-30-27-28-32(37-35(33,34)36)29-31(30)26-24-22-20-18-16-14-12-10-8-6-4-2/h27-29H,3-26H2,1-2H3,(H2,33,34,36). The highest BCUT2D eigenvalue weighted by Crippen LogP contribution is 2.55. The highest BCUT2D eigenvalue weighted by atomic mass is 32.9. The summed E-state index contributed by atoms with van der Waals surface area (Å²) in [7, 11) is 0. The number of benzene rings is 1. The number of unbranched alkanes of at least 4 members (excludes halogenated alkanes) is 20. The zero-order valence-electron chi connectivity index (χ0n) is 24.4. The molecule has 0 aliphatic carbocycles. The SMILES string of the molecule is CCCCCCCCCCCCCc1ccc(SP(O)(O)=S)cc1CCCCCCCCCCCCC. The van der Waals surface area contributed by atoms with Crippen LogP contribution in [0.25, 0.3) is 0 Å². The maximum Gasteiger partial charge on any atom is 0.246 e. The van der Waals surface area contributed by atoms with E-state index in [1.54, 1.807) is 0 Å². The minimum atomic E-state index is -3.28. The molecule has 37 heavy (non-hydrogen) atoms. The van der Waals surface area contributed by atoms with Crippen molar-refractivity contribution in [2.24, 2.45) is 0 Å². The fourth-order valence-corrected chi connectivity index (χ4v) is 7.77. The molecule has 0 saturated carbocycles. The minimum absolute atomic E-state index is 0.911. The first-order chi connectivity index (χ1) is 18.0. The van der Waals surface area contributed by atoms with E-state index in [1.807, 2.05) is 6.07 Å². The molecule has 0 spiro atoms. The summed E-state index contributed by atoms with van der Waals surface area (Å²) in [4.78, 5) is 20.4. The number of aryl methyl sites for hydroxylation is 2. The van der Waals surface area contributed by atoms with Gasteiger partial charge in [-0.2, -0.15) is 0 Å². The lowest BCUT2D eigenvalue weighted by atomic mass is 9.96. The summed E-state index contributed by atoms with van der Waals surface area (Å²) in [6.07, 6.45) is 32.3. The van der Waals surface area contributed by atoms with E-state index in [9.17, 15) is 9.79 Å². The molecule has 0 radical (unpaired) electrons. The van der Waals surface area contributed by atoms with Crippen LogP contribution in [0.4, 0.5) is 0 Å². The van der Waals surface area contributed by atoms with Crippen molar-refractivity contribution >= 4 is 28.9 Å². The Labute approximate surface area is 240 Å². The molecule has 0 aromatic heterocycles. The van der Waals surface area contributed by atoms with Gasteiger partial charge in [0.25, 0.3) is 0 Å². The Kier molecular flexibility index (Phi) is 22.8. The summed E-state index contributed by atoms with van der Waals surface area (Å²) >= 11 is 5.94. The first-order valence-electron chi connectivity index (χ1n) is 15.8. The molecule has 0 aliphatic rings. The molecule has 0 amide bonds. The summed E-state index contributed by atoms with van der Waals surface area (Å²) < 4.78 is 0. The summed E-state index contributed by atoms with van der Waals surface area (Å²) in [5, 5.41) is 0. The quantitative estimate of drug-likeness (QED) is 0.0858. The van der Waals surface area contributed by atoms with Crippen LogP contribution < -0.4 is 0 Å². The molecular weight excluding hydrogens is 511 g/mol. The summed E-state index contributed by atoms with van der Waals surface area (Å²) in [6.45, 7) is 4.56. The van der Waals surface area contributed by atoms with Gasteiger partial charge in [-0.3, -0.25) is 0 Å². The van der Waals surface area contributed by atoms with E-state index in [2.05, 4.69) is 26.0 Å². The number of hydrogen-bond acceptors (Lipinski definition) is 2. The van der Waals surface area contributed by atoms with Gasteiger partial charge in [-0.1, -0.05) is 148 Å². The van der Waals surface area contributed by atoms with Gasteiger partial charge in [0, 0.05) is 4.90 Å². The molecule has 1 rings (SSSR count). The van der Waals surface area contributed by atoms with Gasteiger partial charge >= 0.3 is 0 Å². The Morgan fingerprint density at radius 1 is 0.541 bits per heavy atom. The highest BCUT2D eigenvalue weighted by Gasteiger charge is 2.12. The van der Waals surface area contributed by atoms with Gasteiger partial charge < -0.3 is 9.79 Å². The van der Waals surface area contributed by atoms with Gasteiger partial charge in [0.1, 0.15) is 0 Å². The fourth-order valence-electron chi connectivity index (χ4n) is 5.23. The molecule has 0 unspecified atom stereocenters. The first kappa shape index (κ1) is 35.2. The molecule has 0 aliphatic heterocycles. The van der Waals surface area contributed by atoms with E-state index in [0.29, 0.717) is 0 Å². The molecule has 1 aromatic carbocycles. The predicted molar refractivity (Wildman–Crippen MR) is 171 cm³/mol. The van der Waals surface area contributed by atoms with E-state index >= 15 is 0 Å². The van der Waals surface area contributed by atoms with Crippen LogP contribution in [-0.4, -0.2) is 9.79 Å². The van der Waals surface area contributed by atoms with E-state index in [4.69, 9.17) is 11.8 Å². The van der Waals surface area contributed by atoms with Crippen LogP contribution in [0.15, 0.2) is 23.1 Å². The maximum absolute atomic E-state index is 9.77. The van der Waals surface area contributed by atoms with Crippen LogP contribution in [0.5, 0.6) is 0 Å². The normalized spacial score (nSPS) is 11.9. The lowest BCUT2D eigenvalue weighted by molar-refractivity contribution is 0.502. The molecule has 0 fully saturated rings. The minimum Gasteiger partial charge on any atom is -0.337 e. The second kappa shape index (κ2) is 24.0. The Bertz CT molecular complexity index is 704. The topological polar surface area (TPSA) is 40.5 Å². The zero-order chi connectivity index (χ0) is 27.0. The summed E-state index contributed by atoms with van der Waals surface area (Å²) in [5.41, 5.74) is -0.423. The molecule has 1 aromatic rings. The third-order valence-corrected chi connectivity index (χ3v) is 10.2. The van der Waals surface area contributed by atoms with Crippen LogP contribution in [0, 0.1) is 0 Å². The lowest BCUT2D eigenvalue weighted by Gasteiger charge is -2.13. The predicted octanol–water partition coefficient (Wildman–Crippen LogP) is 11.7. The van der Waals surface area contributed by atoms with Gasteiger partial charge in [0.15, 0.2) is 0 Å². The third kappa shape index (κ3) is 21.6. The van der Waals surface area contributed by atoms with Crippen LogP contribution >= 0.6 is 17.1 Å². The first-order valence-corrected chi connectivity index (χ1v) is 20.0. The molecule has 2 N–H and O–H groups in total. The van der Waals surface area contributed by atoms with Crippen LogP contribution in [0.1, 0.15) is 166 Å². The molecule has 216 valence electrons. The Morgan fingerprint density at radius 2 is 0.892 bits per heavy atom. The van der Waals surface area contributed by atoms with Crippen LogP contribution in [-0.2, 0) is 24.6 Å². The Morgan fingerprint density at radius 3 is 1.27 bits per heavy atom. The van der Waals surface area contributed by atoms with Crippen molar-refractivity contribution < 1.29 is 9.79 Å². The summed E-state index contributed by atoms with van der Waals surface area (Å²) in [6, 6.07) is 6.44. The van der Waals surface area contributed by atoms with Gasteiger partial charge in [-0.25, -0.2) is 0 Å². The molecule has 0 bridgehead atoms. The van der Waals surface area contributed by atoms with Crippen molar-refractivity contribution in [2.75, 3.05) is 0 Å². The van der Waals surface area contributed by atoms with Gasteiger partial charge in [-0.05, 0) is 72.1 Å². The van der Waals surface area contributed by atoms with Crippen molar-refractivity contribution in [2.45, 2.75) is 173 Å². The van der Waals surface area contributed by atoms with E-state index in [0.717, 1.165) is 29.1 Å². The zero-order valence-corrected chi connectivity index (χ0v) is 26.9. The van der Waals surface area contributed by atoms with Crippen molar-refractivity contribution in [3.05, 3.63) is 29.3 Å². The van der Waals surface area contributed by atoms with Crippen molar-refractivity contribution in [1.82, 2.24) is 0 Å². The Balaban J connectivity index is 2.32. The molecule has 5 heteroatoms. The average Bonchev–Trinajstić information content (AvgIpc) is 2.86. The highest BCUT2D eigenvalue weighted by molar-refractivity contribution is 8.67. The molecule has 0 heterocycles. The maximum atomic E-state index is 9.77. The van der Waals surface area contributed by atoms with Gasteiger partial charge in [0.05, 0.1) is 0 Å². The Hall–Kier alpha value is 0.140. The van der Waals surface area contributed by atoms with E-state index in [-0.39, 0.29) is 0 Å².